The summed E-state index contributed by atoms with van der Waals surface area (Å²) in [5.41, 5.74) is 2.16. The number of hydrogen-bond donors (Lipinski definition) is 1. The van der Waals surface area contributed by atoms with Crippen LogP contribution in [0.3, 0.4) is 0 Å². The molecule has 2 aromatic rings. The van der Waals surface area contributed by atoms with Crippen LogP contribution >= 0.6 is 0 Å². The Hall–Kier alpha value is -2.76. The van der Waals surface area contributed by atoms with E-state index in [4.69, 9.17) is 14.2 Å². The standard InChI is InChI=1S/C25H34N2O4/c1-16(2)12-17(27-23(28)31-24(3,4)5)15-29-18-8-9-19-20-10-11-26-14-22(20)30-25(6,7)21(19)13-18/h8-11,13-14,16-17H,12,15H2,1-7H3,(H,27,28)/t17-/m0/s1. The Morgan fingerprint density at radius 2 is 1.94 bits per heavy atom. The molecule has 0 spiro atoms. The zero-order valence-electron chi connectivity index (χ0n) is 19.6. The molecule has 1 aliphatic rings. The molecule has 1 amide bonds. The van der Waals surface area contributed by atoms with Crippen LogP contribution in [0.15, 0.2) is 36.7 Å². The van der Waals surface area contributed by atoms with Crippen molar-refractivity contribution in [3.63, 3.8) is 0 Å². The van der Waals surface area contributed by atoms with Crippen molar-refractivity contribution in [2.45, 2.75) is 72.1 Å². The van der Waals surface area contributed by atoms with Gasteiger partial charge in [0, 0.05) is 17.3 Å². The minimum atomic E-state index is -0.538. The minimum absolute atomic E-state index is 0.151. The second kappa shape index (κ2) is 8.77. The zero-order valence-corrected chi connectivity index (χ0v) is 19.6. The summed E-state index contributed by atoms with van der Waals surface area (Å²) in [5.74, 6) is 1.93. The maximum atomic E-state index is 12.2. The Bertz CT molecular complexity index is 931. The lowest BCUT2D eigenvalue weighted by Crippen LogP contribution is -2.42. The smallest absolute Gasteiger partial charge is 0.407 e. The van der Waals surface area contributed by atoms with Crippen LogP contribution in [-0.4, -0.2) is 29.3 Å². The number of hydrogen-bond acceptors (Lipinski definition) is 5. The monoisotopic (exact) mass is 426 g/mol. The van der Waals surface area contributed by atoms with Crippen molar-refractivity contribution in [1.82, 2.24) is 10.3 Å². The third-order valence-corrected chi connectivity index (χ3v) is 5.01. The summed E-state index contributed by atoms with van der Waals surface area (Å²) in [6.45, 7) is 14.2. The summed E-state index contributed by atoms with van der Waals surface area (Å²) < 4.78 is 17.7. The number of fused-ring (bicyclic) bond motifs is 3. The Labute approximate surface area is 185 Å². The highest BCUT2D eigenvalue weighted by molar-refractivity contribution is 5.76. The number of pyridine rings is 1. The molecule has 6 heteroatoms. The Morgan fingerprint density at radius 1 is 1.19 bits per heavy atom. The predicted molar refractivity (Wildman–Crippen MR) is 121 cm³/mol. The number of amides is 1. The van der Waals surface area contributed by atoms with Gasteiger partial charge in [-0.2, -0.15) is 0 Å². The van der Waals surface area contributed by atoms with Gasteiger partial charge in [-0.1, -0.05) is 19.9 Å². The van der Waals surface area contributed by atoms with Gasteiger partial charge in [-0.3, -0.25) is 4.98 Å². The molecule has 1 aromatic carbocycles. The predicted octanol–water partition coefficient (Wildman–Crippen LogP) is 5.69. The maximum absolute atomic E-state index is 12.2. The molecule has 0 saturated carbocycles. The number of nitrogens with one attached hydrogen (secondary N) is 1. The number of alkyl carbamates (subject to hydrolysis) is 1. The lowest BCUT2D eigenvalue weighted by atomic mass is 9.86. The van der Waals surface area contributed by atoms with E-state index < -0.39 is 17.3 Å². The molecule has 0 saturated heterocycles. The van der Waals surface area contributed by atoms with E-state index >= 15 is 0 Å². The average molecular weight is 427 g/mol. The number of aromatic nitrogens is 1. The molecule has 1 N–H and O–H groups in total. The molecular weight excluding hydrogens is 392 g/mol. The summed E-state index contributed by atoms with van der Waals surface area (Å²) in [4.78, 5) is 16.4. The second-order valence-electron chi connectivity index (χ2n) is 9.98. The number of benzene rings is 1. The molecule has 2 heterocycles. The molecule has 1 atom stereocenters. The third kappa shape index (κ3) is 5.90. The van der Waals surface area contributed by atoms with E-state index in [-0.39, 0.29) is 6.04 Å². The highest BCUT2D eigenvalue weighted by Crippen LogP contribution is 2.45. The highest BCUT2D eigenvalue weighted by Gasteiger charge is 2.33. The molecule has 1 aromatic heterocycles. The lowest BCUT2D eigenvalue weighted by molar-refractivity contribution is 0.0480. The topological polar surface area (TPSA) is 69.7 Å². The molecular formula is C25H34N2O4. The molecule has 31 heavy (non-hydrogen) atoms. The van der Waals surface area contributed by atoms with E-state index in [9.17, 15) is 4.79 Å². The molecule has 0 aliphatic carbocycles. The Kier molecular flexibility index (Phi) is 6.48. The molecule has 3 rings (SSSR count). The number of ether oxygens (including phenoxy) is 3. The summed E-state index contributed by atoms with van der Waals surface area (Å²) in [6.07, 6.45) is 3.89. The second-order valence-corrected chi connectivity index (χ2v) is 9.98. The van der Waals surface area contributed by atoms with Crippen LogP contribution in [0.25, 0.3) is 11.1 Å². The van der Waals surface area contributed by atoms with Gasteiger partial charge in [0.25, 0.3) is 0 Å². The van der Waals surface area contributed by atoms with Gasteiger partial charge in [0.2, 0.25) is 0 Å². The molecule has 0 radical (unpaired) electrons. The van der Waals surface area contributed by atoms with Crippen LogP contribution < -0.4 is 14.8 Å². The van der Waals surface area contributed by atoms with E-state index in [1.54, 1.807) is 12.4 Å². The number of nitrogens with zero attached hydrogens (tertiary/aromatic N) is 1. The van der Waals surface area contributed by atoms with Crippen LogP contribution in [0.5, 0.6) is 11.5 Å². The van der Waals surface area contributed by atoms with Crippen molar-refractivity contribution in [2.75, 3.05) is 6.61 Å². The highest BCUT2D eigenvalue weighted by atomic mass is 16.6. The molecule has 0 fully saturated rings. The first-order valence-corrected chi connectivity index (χ1v) is 10.8. The van der Waals surface area contributed by atoms with Crippen molar-refractivity contribution in [3.8, 4) is 22.6 Å². The number of carbonyl (C=O) groups is 1. The molecule has 1 aliphatic heterocycles. The van der Waals surface area contributed by atoms with Crippen molar-refractivity contribution >= 4 is 6.09 Å². The van der Waals surface area contributed by atoms with E-state index in [2.05, 4.69) is 30.2 Å². The van der Waals surface area contributed by atoms with Crippen molar-refractivity contribution < 1.29 is 19.0 Å². The largest absolute Gasteiger partial charge is 0.491 e. The maximum Gasteiger partial charge on any atom is 0.407 e. The minimum Gasteiger partial charge on any atom is -0.491 e. The van der Waals surface area contributed by atoms with Gasteiger partial charge in [-0.25, -0.2) is 4.79 Å². The first-order chi connectivity index (χ1) is 14.4. The first-order valence-electron chi connectivity index (χ1n) is 10.8. The molecule has 6 nitrogen and oxygen atoms in total. The summed E-state index contributed by atoms with van der Waals surface area (Å²) in [5, 5.41) is 2.95. The van der Waals surface area contributed by atoms with Gasteiger partial charge >= 0.3 is 6.09 Å². The van der Waals surface area contributed by atoms with Gasteiger partial charge in [0.05, 0.1) is 12.2 Å². The van der Waals surface area contributed by atoms with E-state index in [1.165, 1.54) is 0 Å². The SMILES string of the molecule is CC(C)C[C@@H](COc1ccc2c(c1)C(C)(C)Oc1cnccc1-2)NC(=O)OC(C)(C)C. The summed E-state index contributed by atoms with van der Waals surface area (Å²) in [6, 6.07) is 7.87. The zero-order chi connectivity index (χ0) is 22.8. The Balaban J connectivity index is 1.75. The van der Waals surface area contributed by atoms with Crippen LogP contribution in [-0.2, 0) is 10.3 Å². The lowest BCUT2D eigenvalue weighted by Gasteiger charge is -2.35. The molecule has 168 valence electrons. The van der Waals surface area contributed by atoms with Crippen LogP contribution in [0.4, 0.5) is 4.79 Å². The van der Waals surface area contributed by atoms with E-state index in [1.807, 2.05) is 52.8 Å². The number of carbonyl (C=O) groups excluding carboxylic acids is 1. The van der Waals surface area contributed by atoms with Gasteiger partial charge in [-0.15, -0.1) is 0 Å². The fourth-order valence-corrected chi connectivity index (χ4v) is 3.77. The van der Waals surface area contributed by atoms with Crippen LogP contribution in [0.1, 0.15) is 60.5 Å². The normalized spacial score (nSPS) is 15.4. The molecule has 0 unspecified atom stereocenters. The van der Waals surface area contributed by atoms with Crippen molar-refractivity contribution in [1.29, 1.82) is 0 Å². The summed E-state index contributed by atoms with van der Waals surface area (Å²) in [7, 11) is 0. The van der Waals surface area contributed by atoms with Gasteiger partial charge in [0.15, 0.2) is 0 Å². The van der Waals surface area contributed by atoms with Crippen molar-refractivity contribution in [2.24, 2.45) is 5.92 Å². The van der Waals surface area contributed by atoms with E-state index in [0.717, 1.165) is 34.6 Å². The summed E-state index contributed by atoms with van der Waals surface area (Å²) >= 11 is 0. The third-order valence-electron chi connectivity index (χ3n) is 5.01. The first kappa shape index (κ1) is 22.9. The van der Waals surface area contributed by atoms with Crippen LogP contribution in [0.2, 0.25) is 0 Å². The number of rotatable bonds is 6. The fourth-order valence-electron chi connectivity index (χ4n) is 3.77. The van der Waals surface area contributed by atoms with Crippen LogP contribution in [0, 0.1) is 5.92 Å². The van der Waals surface area contributed by atoms with Crippen molar-refractivity contribution in [3.05, 3.63) is 42.2 Å². The quantitative estimate of drug-likeness (QED) is 0.642. The van der Waals surface area contributed by atoms with Gasteiger partial charge < -0.3 is 19.5 Å². The van der Waals surface area contributed by atoms with Gasteiger partial charge in [-0.05, 0) is 70.7 Å². The molecule has 0 bridgehead atoms. The average Bonchev–Trinajstić information content (AvgIpc) is 2.64. The van der Waals surface area contributed by atoms with E-state index in [0.29, 0.717) is 12.5 Å². The fraction of sp³-hybridized carbons (Fsp3) is 0.520. The van der Waals surface area contributed by atoms with Gasteiger partial charge in [0.1, 0.15) is 29.3 Å². The Morgan fingerprint density at radius 3 is 2.61 bits per heavy atom.